The number of rotatable bonds is 2. The van der Waals surface area contributed by atoms with Crippen molar-refractivity contribution < 1.29 is 14.6 Å². The second kappa shape index (κ2) is 6.07. The van der Waals surface area contributed by atoms with Crippen LogP contribution in [0.1, 0.15) is 34.1 Å². The van der Waals surface area contributed by atoms with Gasteiger partial charge in [-0.3, -0.25) is 0 Å². The third kappa shape index (κ3) is 4.97. The molecule has 0 saturated carbocycles. The van der Waals surface area contributed by atoms with Crippen molar-refractivity contribution in [3.8, 4) is 0 Å². The molecule has 1 aliphatic rings. The van der Waals surface area contributed by atoms with Crippen LogP contribution < -0.4 is 10.6 Å². The molecule has 1 aliphatic heterocycles. The highest BCUT2D eigenvalue weighted by atomic mass is 16.5. The van der Waals surface area contributed by atoms with Gasteiger partial charge in [-0.25, -0.2) is 4.79 Å². The van der Waals surface area contributed by atoms with Crippen LogP contribution in [0.2, 0.25) is 0 Å². The third-order valence-electron chi connectivity index (χ3n) is 3.08. The molecule has 1 saturated heterocycles. The van der Waals surface area contributed by atoms with Crippen LogP contribution in [-0.2, 0) is 4.74 Å². The van der Waals surface area contributed by atoms with Crippen molar-refractivity contribution in [2.75, 3.05) is 14.1 Å². The number of aliphatic hydroxyl groups is 1. The number of nitrogens with zero attached hydrogens (tertiary/aromatic N) is 1. The van der Waals surface area contributed by atoms with Crippen LogP contribution in [0.25, 0.3) is 0 Å². The van der Waals surface area contributed by atoms with Gasteiger partial charge in [0.2, 0.25) is 0 Å². The Kier molecular flexibility index (Phi) is 5.18. The Labute approximate surface area is 115 Å². The summed E-state index contributed by atoms with van der Waals surface area (Å²) in [5, 5.41) is 15.7. The average Bonchev–Trinajstić information content (AvgIpc) is 2.19. The van der Waals surface area contributed by atoms with Crippen LogP contribution in [0.5, 0.6) is 0 Å². The molecule has 0 bridgehead atoms. The highest BCUT2D eigenvalue weighted by Gasteiger charge is 2.38. The van der Waals surface area contributed by atoms with E-state index in [9.17, 15) is 9.90 Å². The van der Waals surface area contributed by atoms with Gasteiger partial charge in [0.15, 0.2) is 6.23 Å². The van der Waals surface area contributed by atoms with Crippen molar-refractivity contribution in [3.63, 3.8) is 0 Å². The van der Waals surface area contributed by atoms with Crippen LogP contribution in [-0.4, -0.2) is 60.1 Å². The lowest BCUT2D eigenvalue weighted by Gasteiger charge is -2.41. The van der Waals surface area contributed by atoms with E-state index in [0.717, 1.165) is 6.42 Å². The van der Waals surface area contributed by atoms with Gasteiger partial charge in [-0.05, 0) is 48.2 Å². The molecule has 112 valence electrons. The Hall–Kier alpha value is -0.850. The first-order valence-corrected chi connectivity index (χ1v) is 6.69. The predicted molar refractivity (Wildman–Crippen MR) is 73.9 cm³/mol. The van der Waals surface area contributed by atoms with Gasteiger partial charge >= 0.3 is 6.03 Å². The van der Waals surface area contributed by atoms with Gasteiger partial charge in [-0.1, -0.05) is 0 Å². The molecule has 0 aromatic carbocycles. The van der Waals surface area contributed by atoms with E-state index in [4.69, 9.17) is 4.74 Å². The SMILES string of the molecule is C[C@@H]1C[C@H](N(C)C)[C@@H](O)C(NC(=O)NC(C)(C)C)O1. The normalized spacial score (nSPS) is 32.2. The van der Waals surface area contributed by atoms with Gasteiger partial charge in [0.1, 0.15) is 6.10 Å². The zero-order chi connectivity index (χ0) is 14.8. The molecule has 3 N–H and O–H groups in total. The molecular formula is C13H27N3O3. The summed E-state index contributed by atoms with van der Waals surface area (Å²) in [5.74, 6) is 0. The van der Waals surface area contributed by atoms with Crippen molar-refractivity contribution in [1.29, 1.82) is 0 Å². The second-order valence-electron chi connectivity index (χ2n) is 6.47. The molecule has 1 heterocycles. The van der Waals surface area contributed by atoms with Crippen molar-refractivity contribution >= 4 is 6.03 Å². The number of likely N-dealkylation sites (N-methyl/N-ethyl adjacent to an activating group) is 1. The molecule has 1 rings (SSSR count). The van der Waals surface area contributed by atoms with Crippen molar-refractivity contribution in [1.82, 2.24) is 15.5 Å². The Morgan fingerprint density at radius 1 is 1.37 bits per heavy atom. The molecule has 0 aliphatic carbocycles. The largest absolute Gasteiger partial charge is 0.387 e. The van der Waals surface area contributed by atoms with E-state index in [1.807, 2.05) is 46.7 Å². The van der Waals surface area contributed by atoms with E-state index in [2.05, 4.69) is 10.6 Å². The quantitative estimate of drug-likeness (QED) is 0.685. The fourth-order valence-corrected chi connectivity index (χ4v) is 2.21. The maximum absolute atomic E-state index is 11.8. The number of aliphatic hydroxyl groups excluding tert-OH is 1. The van der Waals surface area contributed by atoms with E-state index in [0.29, 0.717) is 0 Å². The number of nitrogens with one attached hydrogen (secondary N) is 2. The van der Waals surface area contributed by atoms with E-state index >= 15 is 0 Å². The molecule has 0 spiro atoms. The third-order valence-corrected chi connectivity index (χ3v) is 3.08. The van der Waals surface area contributed by atoms with Crippen molar-refractivity contribution in [2.24, 2.45) is 0 Å². The Balaban J connectivity index is 2.63. The van der Waals surface area contributed by atoms with Crippen LogP contribution >= 0.6 is 0 Å². The molecule has 0 aromatic heterocycles. The number of carbonyl (C=O) groups excluding carboxylic acids is 1. The van der Waals surface area contributed by atoms with Gasteiger partial charge in [0.25, 0.3) is 0 Å². The minimum atomic E-state index is -0.739. The molecule has 1 unspecified atom stereocenters. The Morgan fingerprint density at radius 3 is 2.42 bits per heavy atom. The van der Waals surface area contributed by atoms with Gasteiger partial charge in [0, 0.05) is 11.6 Å². The summed E-state index contributed by atoms with van der Waals surface area (Å²) in [6, 6.07) is -0.355. The molecule has 6 nitrogen and oxygen atoms in total. The molecule has 0 radical (unpaired) electrons. The van der Waals surface area contributed by atoms with E-state index in [1.54, 1.807) is 0 Å². The lowest BCUT2D eigenvalue weighted by atomic mass is 9.98. The number of carbonyl (C=O) groups is 1. The number of hydrogen-bond donors (Lipinski definition) is 3. The van der Waals surface area contributed by atoms with Gasteiger partial charge in [-0.15, -0.1) is 0 Å². The summed E-state index contributed by atoms with van der Waals surface area (Å²) < 4.78 is 5.62. The van der Waals surface area contributed by atoms with Gasteiger partial charge in [0.05, 0.1) is 6.10 Å². The molecule has 19 heavy (non-hydrogen) atoms. The Morgan fingerprint density at radius 2 is 1.95 bits per heavy atom. The van der Waals surface area contributed by atoms with E-state index in [1.165, 1.54) is 0 Å². The van der Waals surface area contributed by atoms with Crippen LogP contribution in [0.4, 0.5) is 4.79 Å². The molecule has 6 heteroatoms. The number of hydrogen-bond acceptors (Lipinski definition) is 4. The number of urea groups is 1. The monoisotopic (exact) mass is 273 g/mol. The van der Waals surface area contributed by atoms with Gasteiger partial charge < -0.3 is 25.4 Å². The first-order valence-electron chi connectivity index (χ1n) is 6.69. The zero-order valence-corrected chi connectivity index (χ0v) is 12.7. The standard InChI is InChI=1S/C13H27N3O3/c1-8-7-9(16(5)6)10(17)11(19-8)14-12(18)15-13(2,3)4/h8-11,17H,7H2,1-6H3,(H2,14,15,18)/t8-,9+,10-,11?/m1/s1. The summed E-state index contributed by atoms with van der Waals surface area (Å²) in [5.41, 5.74) is -0.323. The fraction of sp³-hybridized carbons (Fsp3) is 0.923. The molecule has 2 amide bonds. The molecule has 1 fully saturated rings. The maximum Gasteiger partial charge on any atom is 0.317 e. The first-order chi connectivity index (χ1) is 8.60. The average molecular weight is 273 g/mol. The van der Waals surface area contributed by atoms with Gasteiger partial charge in [-0.2, -0.15) is 0 Å². The fourth-order valence-electron chi connectivity index (χ4n) is 2.21. The summed E-state index contributed by atoms with van der Waals surface area (Å²) >= 11 is 0. The van der Waals surface area contributed by atoms with Crippen molar-refractivity contribution in [2.45, 2.75) is 64.1 Å². The van der Waals surface area contributed by atoms with E-state index < -0.39 is 12.3 Å². The van der Waals surface area contributed by atoms with Crippen LogP contribution in [0.15, 0.2) is 0 Å². The zero-order valence-electron chi connectivity index (χ0n) is 12.7. The lowest BCUT2D eigenvalue weighted by molar-refractivity contribution is -0.149. The summed E-state index contributed by atoms with van der Waals surface area (Å²) in [7, 11) is 3.83. The molecule has 4 atom stereocenters. The van der Waals surface area contributed by atoms with Crippen molar-refractivity contribution in [3.05, 3.63) is 0 Å². The smallest absolute Gasteiger partial charge is 0.317 e. The number of ether oxygens (including phenoxy) is 1. The first kappa shape index (κ1) is 16.2. The molecular weight excluding hydrogens is 246 g/mol. The number of amides is 2. The highest BCUT2D eigenvalue weighted by Crippen LogP contribution is 2.21. The maximum atomic E-state index is 11.8. The van der Waals surface area contributed by atoms with Crippen LogP contribution in [0.3, 0.4) is 0 Å². The Bertz CT molecular complexity index is 315. The summed E-state index contributed by atoms with van der Waals surface area (Å²) in [4.78, 5) is 13.8. The lowest BCUT2D eigenvalue weighted by Crippen LogP contribution is -2.61. The van der Waals surface area contributed by atoms with E-state index in [-0.39, 0.29) is 23.7 Å². The minimum Gasteiger partial charge on any atom is -0.387 e. The topological polar surface area (TPSA) is 73.8 Å². The molecule has 0 aromatic rings. The predicted octanol–water partition coefficient (Wildman–Crippen LogP) is 0.510. The minimum absolute atomic E-state index is 0.00395. The summed E-state index contributed by atoms with van der Waals surface area (Å²) in [6.45, 7) is 7.64. The summed E-state index contributed by atoms with van der Waals surface area (Å²) in [6.07, 6.45) is -0.682. The van der Waals surface area contributed by atoms with Crippen LogP contribution in [0, 0.1) is 0 Å². The second-order valence-corrected chi connectivity index (χ2v) is 6.47. The highest BCUT2D eigenvalue weighted by molar-refractivity contribution is 5.74.